The summed E-state index contributed by atoms with van der Waals surface area (Å²) >= 11 is 5.32. The van der Waals surface area contributed by atoms with Gasteiger partial charge < -0.3 is 9.88 Å². The summed E-state index contributed by atoms with van der Waals surface area (Å²) in [5, 5.41) is 10.1. The molecule has 4 aromatic rings. The number of carbonyl (C=O) groups is 1. The SMILES string of the molecule is Cc1cccc(-c2n[nH]c(=S)n2CC(=O)NCCn2c(C)nc3ccccc32)c1. The number of aryl methyl sites for hydroxylation is 2. The van der Waals surface area contributed by atoms with Crippen LogP contribution >= 0.6 is 12.2 Å². The molecule has 0 unspecified atom stereocenters. The van der Waals surface area contributed by atoms with Crippen molar-refractivity contribution < 1.29 is 4.79 Å². The lowest BCUT2D eigenvalue weighted by atomic mass is 10.1. The van der Waals surface area contributed by atoms with E-state index in [4.69, 9.17) is 12.2 Å². The summed E-state index contributed by atoms with van der Waals surface area (Å²) in [5.41, 5.74) is 4.07. The number of nitrogens with one attached hydrogen (secondary N) is 2. The number of amides is 1. The monoisotopic (exact) mass is 406 g/mol. The van der Waals surface area contributed by atoms with Crippen LogP contribution in [0.3, 0.4) is 0 Å². The summed E-state index contributed by atoms with van der Waals surface area (Å²) in [7, 11) is 0. The summed E-state index contributed by atoms with van der Waals surface area (Å²) in [6, 6.07) is 16.0. The number of rotatable bonds is 6. The second-order valence-corrected chi connectivity index (χ2v) is 7.34. The molecule has 2 heterocycles. The van der Waals surface area contributed by atoms with Crippen LogP contribution in [0.25, 0.3) is 22.4 Å². The van der Waals surface area contributed by atoms with E-state index < -0.39 is 0 Å². The highest BCUT2D eigenvalue weighted by molar-refractivity contribution is 7.71. The molecule has 0 atom stereocenters. The van der Waals surface area contributed by atoms with E-state index >= 15 is 0 Å². The van der Waals surface area contributed by atoms with Crippen LogP contribution in [-0.4, -0.2) is 36.8 Å². The molecule has 0 aliphatic carbocycles. The number of fused-ring (bicyclic) bond motifs is 1. The number of aromatic nitrogens is 5. The van der Waals surface area contributed by atoms with E-state index in [1.807, 2.05) is 62.4 Å². The molecule has 0 radical (unpaired) electrons. The zero-order valence-corrected chi connectivity index (χ0v) is 17.2. The van der Waals surface area contributed by atoms with Crippen molar-refractivity contribution in [2.75, 3.05) is 6.54 Å². The molecule has 2 aromatic heterocycles. The van der Waals surface area contributed by atoms with Crippen molar-refractivity contribution in [3.05, 3.63) is 64.7 Å². The van der Waals surface area contributed by atoms with Gasteiger partial charge in [-0.2, -0.15) is 5.10 Å². The van der Waals surface area contributed by atoms with Crippen LogP contribution in [0.2, 0.25) is 0 Å². The van der Waals surface area contributed by atoms with Crippen LogP contribution in [-0.2, 0) is 17.9 Å². The second kappa shape index (κ2) is 8.00. The quantitative estimate of drug-likeness (QED) is 0.481. The maximum absolute atomic E-state index is 12.5. The average molecular weight is 407 g/mol. The number of carbonyl (C=O) groups excluding carboxylic acids is 1. The summed E-state index contributed by atoms with van der Waals surface area (Å²) in [6.45, 7) is 5.26. The Morgan fingerprint density at radius 2 is 1.97 bits per heavy atom. The van der Waals surface area contributed by atoms with Crippen molar-refractivity contribution in [3.63, 3.8) is 0 Å². The Morgan fingerprint density at radius 3 is 2.79 bits per heavy atom. The Morgan fingerprint density at radius 1 is 1.14 bits per heavy atom. The maximum atomic E-state index is 12.5. The lowest BCUT2D eigenvalue weighted by molar-refractivity contribution is -0.121. The summed E-state index contributed by atoms with van der Waals surface area (Å²) in [4.78, 5) is 17.1. The first-order chi connectivity index (χ1) is 14.0. The van der Waals surface area contributed by atoms with E-state index in [2.05, 4.69) is 25.1 Å². The average Bonchev–Trinajstić information content (AvgIpc) is 3.22. The topological polar surface area (TPSA) is 80.5 Å². The Kier molecular flexibility index (Phi) is 5.26. The normalized spacial score (nSPS) is 11.1. The van der Waals surface area contributed by atoms with E-state index in [1.165, 1.54) is 0 Å². The fraction of sp³-hybridized carbons (Fsp3) is 0.238. The zero-order valence-electron chi connectivity index (χ0n) is 16.3. The minimum absolute atomic E-state index is 0.113. The molecular weight excluding hydrogens is 384 g/mol. The third kappa shape index (κ3) is 3.97. The van der Waals surface area contributed by atoms with Crippen LogP contribution in [0.15, 0.2) is 48.5 Å². The first-order valence-electron chi connectivity index (χ1n) is 9.44. The highest BCUT2D eigenvalue weighted by atomic mass is 32.1. The third-order valence-electron chi connectivity index (χ3n) is 4.84. The molecule has 0 aliphatic rings. The van der Waals surface area contributed by atoms with E-state index in [1.54, 1.807) is 4.57 Å². The van der Waals surface area contributed by atoms with Gasteiger partial charge in [0.2, 0.25) is 5.91 Å². The number of aromatic amines is 1. The molecule has 2 N–H and O–H groups in total. The van der Waals surface area contributed by atoms with Crippen molar-refractivity contribution in [3.8, 4) is 11.4 Å². The Balaban J connectivity index is 1.44. The first-order valence-corrected chi connectivity index (χ1v) is 9.84. The molecule has 29 heavy (non-hydrogen) atoms. The van der Waals surface area contributed by atoms with Gasteiger partial charge in [0.05, 0.1) is 11.0 Å². The lowest BCUT2D eigenvalue weighted by Crippen LogP contribution is -2.31. The number of nitrogens with zero attached hydrogens (tertiary/aromatic N) is 4. The predicted octanol–water partition coefficient (Wildman–Crippen LogP) is 3.39. The standard InChI is InChI=1S/C21H22N6OS/c1-14-6-5-7-16(12-14)20-24-25-21(29)27(20)13-19(28)22-10-11-26-15(2)23-17-8-3-4-9-18(17)26/h3-9,12H,10-11,13H2,1-2H3,(H,22,28)(H,25,29). The molecule has 2 aromatic carbocycles. The fourth-order valence-electron chi connectivity index (χ4n) is 3.45. The van der Waals surface area contributed by atoms with Gasteiger partial charge in [-0.05, 0) is 44.3 Å². The molecule has 0 aliphatic heterocycles. The Labute approximate surface area is 173 Å². The number of imidazole rings is 1. The minimum Gasteiger partial charge on any atom is -0.353 e. The van der Waals surface area contributed by atoms with Crippen molar-refractivity contribution in [2.24, 2.45) is 0 Å². The predicted molar refractivity (Wildman–Crippen MR) is 115 cm³/mol. The molecule has 148 valence electrons. The molecule has 7 nitrogen and oxygen atoms in total. The number of hydrogen-bond acceptors (Lipinski definition) is 4. The summed E-state index contributed by atoms with van der Waals surface area (Å²) in [6.07, 6.45) is 0. The Hall–Kier alpha value is -3.26. The molecule has 0 saturated carbocycles. The zero-order chi connectivity index (χ0) is 20.4. The van der Waals surface area contributed by atoms with E-state index in [9.17, 15) is 4.79 Å². The van der Waals surface area contributed by atoms with Gasteiger partial charge in [-0.15, -0.1) is 0 Å². The molecular formula is C21H22N6OS. The second-order valence-electron chi connectivity index (χ2n) is 6.96. The van der Waals surface area contributed by atoms with Gasteiger partial charge in [0, 0.05) is 18.7 Å². The van der Waals surface area contributed by atoms with E-state index in [-0.39, 0.29) is 12.5 Å². The van der Waals surface area contributed by atoms with Gasteiger partial charge >= 0.3 is 0 Å². The number of para-hydroxylation sites is 2. The van der Waals surface area contributed by atoms with E-state index in [0.29, 0.717) is 23.7 Å². The molecule has 0 saturated heterocycles. The number of benzene rings is 2. The third-order valence-corrected chi connectivity index (χ3v) is 5.15. The summed E-state index contributed by atoms with van der Waals surface area (Å²) in [5.74, 6) is 1.48. The first kappa shape index (κ1) is 19.1. The van der Waals surface area contributed by atoms with Crippen molar-refractivity contribution in [1.82, 2.24) is 29.6 Å². The molecule has 0 bridgehead atoms. The molecule has 8 heteroatoms. The minimum atomic E-state index is -0.113. The molecule has 4 rings (SSSR count). The number of hydrogen-bond donors (Lipinski definition) is 2. The highest BCUT2D eigenvalue weighted by Gasteiger charge is 2.13. The van der Waals surface area contributed by atoms with Gasteiger partial charge in [-0.1, -0.05) is 35.9 Å². The smallest absolute Gasteiger partial charge is 0.240 e. The Bertz CT molecular complexity index is 1240. The van der Waals surface area contributed by atoms with Gasteiger partial charge in [0.1, 0.15) is 12.4 Å². The number of H-pyrrole nitrogens is 1. The molecule has 0 spiro atoms. The van der Waals surface area contributed by atoms with Gasteiger partial charge in [0.25, 0.3) is 0 Å². The maximum Gasteiger partial charge on any atom is 0.240 e. The fourth-order valence-corrected chi connectivity index (χ4v) is 3.65. The van der Waals surface area contributed by atoms with Gasteiger partial charge in [-0.3, -0.25) is 14.5 Å². The van der Waals surface area contributed by atoms with E-state index in [0.717, 1.165) is 28.0 Å². The van der Waals surface area contributed by atoms with Crippen molar-refractivity contribution >= 4 is 29.2 Å². The van der Waals surface area contributed by atoms with Crippen LogP contribution < -0.4 is 5.32 Å². The van der Waals surface area contributed by atoms with Gasteiger partial charge in [0.15, 0.2) is 10.6 Å². The van der Waals surface area contributed by atoms with Crippen LogP contribution in [0.5, 0.6) is 0 Å². The largest absolute Gasteiger partial charge is 0.353 e. The van der Waals surface area contributed by atoms with Crippen LogP contribution in [0.4, 0.5) is 0 Å². The van der Waals surface area contributed by atoms with Crippen molar-refractivity contribution in [2.45, 2.75) is 26.9 Å². The van der Waals surface area contributed by atoms with Crippen LogP contribution in [0.1, 0.15) is 11.4 Å². The van der Waals surface area contributed by atoms with Crippen molar-refractivity contribution in [1.29, 1.82) is 0 Å². The lowest BCUT2D eigenvalue weighted by Gasteiger charge is -2.10. The van der Waals surface area contributed by atoms with Crippen LogP contribution in [0, 0.1) is 18.6 Å². The molecule has 1 amide bonds. The molecule has 0 fully saturated rings. The highest BCUT2D eigenvalue weighted by Crippen LogP contribution is 2.18. The van der Waals surface area contributed by atoms with Gasteiger partial charge in [-0.25, -0.2) is 4.98 Å². The summed E-state index contributed by atoms with van der Waals surface area (Å²) < 4.78 is 4.25.